The minimum Gasteiger partial charge on any atom is -0.344 e. The van der Waals surface area contributed by atoms with Crippen molar-refractivity contribution in [1.82, 2.24) is 15.3 Å². The third-order valence-corrected chi connectivity index (χ3v) is 3.46. The zero-order chi connectivity index (χ0) is 16.2. The quantitative estimate of drug-likeness (QED) is 0.872. The molecule has 1 heterocycles. The van der Waals surface area contributed by atoms with Gasteiger partial charge in [-0.1, -0.05) is 12.1 Å². The number of hydrogen-bond donors (Lipinski definition) is 1. The molecule has 0 spiro atoms. The highest BCUT2D eigenvalue weighted by Crippen LogP contribution is 2.37. The monoisotopic (exact) mass is 327 g/mol. The molecule has 2 aromatic rings. The van der Waals surface area contributed by atoms with Gasteiger partial charge in [0.2, 0.25) is 0 Å². The number of nitrogens with one attached hydrogen (secondary N) is 1. The first-order valence-electron chi connectivity index (χ1n) is 6.28. The summed E-state index contributed by atoms with van der Waals surface area (Å²) in [5.74, 6) is -0.436. The Morgan fingerprint density at radius 3 is 2.73 bits per heavy atom. The van der Waals surface area contributed by atoms with Gasteiger partial charge in [-0.3, -0.25) is 9.78 Å². The maximum absolute atomic E-state index is 12.4. The molecule has 0 fully saturated rings. The van der Waals surface area contributed by atoms with Crippen molar-refractivity contribution in [2.24, 2.45) is 0 Å². The zero-order valence-electron chi connectivity index (χ0n) is 11.5. The van der Waals surface area contributed by atoms with Gasteiger partial charge in [-0.25, -0.2) is 4.98 Å². The van der Waals surface area contributed by atoms with Crippen LogP contribution >= 0.6 is 11.8 Å². The number of carbonyl (C=O) groups is 1. The Labute approximate surface area is 129 Å². The summed E-state index contributed by atoms with van der Waals surface area (Å²) < 4.78 is 37.2. The van der Waals surface area contributed by atoms with E-state index in [1.165, 1.54) is 36.8 Å². The number of rotatable bonds is 4. The largest absolute Gasteiger partial charge is 0.446 e. The van der Waals surface area contributed by atoms with Crippen LogP contribution in [0.4, 0.5) is 13.2 Å². The van der Waals surface area contributed by atoms with Gasteiger partial charge in [-0.2, -0.15) is 13.2 Å². The van der Waals surface area contributed by atoms with E-state index in [0.29, 0.717) is 5.56 Å². The number of carbonyl (C=O) groups excluding carboxylic acids is 1. The molecule has 1 amide bonds. The van der Waals surface area contributed by atoms with E-state index in [2.05, 4.69) is 15.3 Å². The van der Waals surface area contributed by atoms with Crippen LogP contribution in [0, 0.1) is 0 Å². The highest BCUT2D eigenvalue weighted by atomic mass is 32.2. The molecule has 0 saturated carbocycles. The van der Waals surface area contributed by atoms with Gasteiger partial charge in [0.25, 0.3) is 5.91 Å². The summed E-state index contributed by atoms with van der Waals surface area (Å²) in [7, 11) is 0. The molecule has 1 N–H and O–H groups in total. The summed E-state index contributed by atoms with van der Waals surface area (Å²) in [4.78, 5) is 19.7. The lowest BCUT2D eigenvalue weighted by molar-refractivity contribution is -0.0328. The van der Waals surface area contributed by atoms with Crippen molar-refractivity contribution < 1.29 is 18.0 Å². The van der Waals surface area contributed by atoms with Crippen LogP contribution in [0.2, 0.25) is 0 Å². The van der Waals surface area contributed by atoms with Gasteiger partial charge < -0.3 is 5.32 Å². The first-order valence-corrected chi connectivity index (χ1v) is 7.09. The fraction of sp³-hybridized carbons (Fsp3) is 0.214. The van der Waals surface area contributed by atoms with Crippen LogP contribution in [-0.2, 0) is 0 Å². The van der Waals surface area contributed by atoms with Crippen LogP contribution in [0.25, 0.3) is 0 Å². The van der Waals surface area contributed by atoms with E-state index in [1.807, 2.05) is 0 Å². The second kappa shape index (κ2) is 6.78. The number of thioether (sulfide) groups is 1. The number of amides is 1. The van der Waals surface area contributed by atoms with Gasteiger partial charge in [-0.05, 0) is 36.4 Å². The van der Waals surface area contributed by atoms with Gasteiger partial charge in [0.05, 0.1) is 12.2 Å². The van der Waals surface area contributed by atoms with E-state index in [1.54, 1.807) is 13.0 Å². The average molecular weight is 327 g/mol. The third kappa shape index (κ3) is 4.73. The fourth-order valence-electron chi connectivity index (χ4n) is 1.75. The summed E-state index contributed by atoms with van der Waals surface area (Å²) in [6.45, 7) is 1.69. The lowest BCUT2D eigenvalue weighted by atomic mass is 10.1. The molecule has 0 radical (unpaired) electrons. The highest BCUT2D eigenvalue weighted by Gasteiger charge is 2.29. The molecule has 1 aromatic carbocycles. The molecule has 0 aliphatic rings. The van der Waals surface area contributed by atoms with Crippen LogP contribution in [0.3, 0.4) is 0 Å². The van der Waals surface area contributed by atoms with Crippen LogP contribution in [-0.4, -0.2) is 21.4 Å². The topological polar surface area (TPSA) is 54.9 Å². The number of halogens is 3. The molecule has 0 aliphatic carbocycles. The van der Waals surface area contributed by atoms with Crippen molar-refractivity contribution in [3.8, 4) is 0 Å². The average Bonchev–Trinajstić information content (AvgIpc) is 2.46. The standard InChI is InChI=1S/C14H12F3N3OS/c1-9(20-13(21)12-8-18-5-6-19-12)10-3-2-4-11(7-10)22-14(15,16)17/h2-9H,1H3,(H,20,21). The van der Waals surface area contributed by atoms with Crippen molar-refractivity contribution in [1.29, 1.82) is 0 Å². The van der Waals surface area contributed by atoms with Crippen molar-refractivity contribution in [2.45, 2.75) is 23.4 Å². The van der Waals surface area contributed by atoms with E-state index in [-0.39, 0.29) is 22.4 Å². The first kappa shape index (κ1) is 16.3. The number of alkyl halides is 3. The Morgan fingerprint density at radius 1 is 1.32 bits per heavy atom. The molecule has 116 valence electrons. The maximum Gasteiger partial charge on any atom is 0.446 e. The summed E-state index contributed by atoms with van der Waals surface area (Å²) in [5.41, 5.74) is -3.62. The second-order valence-corrected chi connectivity index (χ2v) is 5.54. The van der Waals surface area contributed by atoms with E-state index in [9.17, 15) is 18.0 Å². The van der Waals surface area contributed by atoms with Crippen LogP contribution < -0.4 is 5.32 Å². The van der Waals surface area contributed by atoms with Gasteiger partial charge in [0.15, 0.2) is 0 Å². The lowest BCUT2D eigenvalue weighted by Crippen LogP contribution is -2.27. The van der Waals surface area contributed by atoms with Crippen LogP contribution in [0.1, 0.15) is 29.0 Å². The number of aromatic nitrogens is 2. The first-order chi connectivity index (χ1) is 10.3. The lowest BCUT2D eigenvalue weighted by Gasteiger charge is -2.15. The Bertz CT molecular complexity index is 649. The SMILES string of the molecule is CC(NC(=O)c1cnccn1)c1cccc(SC(F)(F)F)c1. The summed E-state index contributed by atoms with van der Waals surface area (Å²) in [6.07, 6.45) is 4.15. The molecule has 1 atom stereocenters. The predicted molar refractivity (Wildman–Crippen MR) is 76.3 cm³/mol. The van der Waals surface area contributed by atoms with Gasteiger partial charge in [0.1, 0.15) is 5.69 Å². The van der Waals surface area contributed by atoms with E-state index in [0.717, 1.165) is 0 Å². The van der Waals surface area contributed by atoms with Crippen molar-refractivity contribution in [3.05, 3.63) is 54.1 Å². The molecule has 8 heteroatoms. The van der Waals surface area contributed by atoms with E-state index >= 15 is 0 Å². The third-order valence-electron chi connectivity index (χ3n) is 2.74. The molecule has 0 saturated heterocycles. The van der Waals surface area contributed by atoms with Gasteiger partial charge in [-0.15, -0.1) is 0 Å². The Balaban J connectivity index is 2.08. The Hall–Kier alpha value is -2.09. The summed E-state index contributed by atoms with van der Waals surface area (Å²) in [6, 6.07) is 5.50. The molecule has 2 rings (SSSR count). The summed E-state index contributed by atoms with van der Waals surface area (Å²) in [5, 5.41) is 2.67. The molecular formula is C14H12F3N3OS. The molecule has 0 aliphatic heterocycles. The maximum atomic E-state index is 12.4. The number of benzene rings is 1. The van der Waals surface area contributed by atoms with Crippen molar-refractivity contribution >= 4 is 17.7 Å². The molecule has 1 aromatic heterocycles. The highest BCUT2D eigenvalue weighted by molar-refractivity contribution is 8.00. The smallest absolute Gasteiger partial charge is 0.344 e. The molecule has 1 unspecified atom stereocenters. The minimum atomic E-state index is -4.34. The van der Waals surface area contributed by atoms with Crippen LogP contribution in [0.15, 0.2) is 47.8 Å². The zero-order valence-corrected chi connectivity index (χ0v) is 12.3. The van der Waals surface area contributed by atoms with Crippen molar-refractivity contribution in [2.75, 3.05) is 0 Å². The number of nitrogens with zero attached hydrogens (tertiary/aromatic N) is 2. The Morgan fingerprint density at radius 2 is 2.09 bits per heavy atom. The molecular weight excluding hydrogens is 315 g/mol. The van der Waals surface area contributed by atoms with Crippen molar-refractivity contribution in [3.63, 3.8) is 0 Å². The molecule has 22 heavy (non-hydrogen) atoms. The second-order valence-electron chi connectivity index (χ2n) is 4.41. The Kier molecular flexibility index (Phi) is 5.02. The fourth-order valence-corrected chi connectivity index (χ4v) is 2.36. The molecule has 4 nitrogen and oxygen atoms in total. The molecule has 0 bridgehead atoms. The van der Waals surface area contributed by atoms with E-state index < -0.39 is 17.5 Å². The van der Waals surface area contributed by atoms with Crippen LogP contribution in [0.5, 0.6) is 0 Å². The predicted octanol–water partition coefficient (Wildman–Crippen LogP) is 3.58. The number of hydrogen-bond acceptors (Lipinski definition) is 4. The van der Waals surface area contributed by atoms with Gasteiger partial charge in [0, 0.05) is 17.3 Å². The normalized spacial score (nSPS) is 12.7. The summed E-state index contributed by atoms with van der Waals surface area (Å²) >= 11 is -0.187. The minimum absolute atomic E-state index is 0.0746. The van der Waals surface area contributed by atoms with E-state index in [4.69, 9.17) is 0 Å². The van der Waals surface area contributed by atoms with Gasteiger partial charge >= 0.3 is 5.51 Å².